The van der Waals surface area contributed by atoms with Crippen LogP contribution in [0, 0.1) is 0 Å². The van der Waals surface area contributed by atoms with Crippen LogP contribution < -0.4 is 0 Å². The molecule has 5 heteroatoms. The minimum absolute atomic E-state index is 0.414. The molecule has 0 spiro atoms. The highest BCUT2D eigenvalue weighted by atomic mass is 35.5. The van der Waals surface area contributed by atoms with E-state index in [1.807, 2.05) is 0 Å². The average molecular weight is 205 g/mol. The van der Waals surface area contributed by atoms with Gasteiger partial charge in [0.2, 0.25) is 0 Å². The monoisotopic (exact) mass is 204 g/mol. The summed E-state index contributed by atoms with van der Waals surface area (Å²) in [5.74, 6) is 0.414. The molecule has 66 valence electrons. The highest BCUT2D eigenvalue weighted by molar-refractivity contribution is 7.92. The number of nitrogens with zero attached hydrogens (tertiary/aromatic N) is 2. The van der Waals surface area contributed by atoms with Crippen molar-refractivity contribution in [2.75, 3.05) is 12.5 Å². The van der Waals surface area contributed by atoms with Crippen LogP contribution in [0.4, 0.5) is 5.82 Å². The van der Waals surface area contributed by atoms with E-state index in [2.05, 4.69) is 9.35 Å². The number of rotatable bonds is 1. The van der Waals surface area contributed by atoms with Crippen molar-refractivity contribution >= 4 is 27.1 Å². The highest BCUT2D eigenvalue weighted by Gasteiger charge is 1.95. The van der Waals surface area contributed by atoms with Gasteiger partial charge >= 0.3 is 0 Å². The van der Waals surface area contributed by atoms with Crippen LogP contribution in [0.25, 0.3) is 0 Å². The maximum absolute atomic E-state index is 11.2. The molecule has 0 amide bonds. The molecule has 0 radical (unpaired) electrons. The van der Waals surface area contributed by atoms with Gasteiger partial charge in [0.15, 0.2) is 5.82 Å². The van der Waals surface area contributed by atoms with E-state index in [0.717, 1.165) is 0 Å². The van der Waals surface area contributed by atoms with Gasteiger partial charge in [-0.1, -0.05) is 11.6 Å². The van der Waals surface area contributed by atoms with Crippen LogP contribution in [0.1, 0.15) is 0 Å². The van der Waals surface area contributed by atoms with Gasteiger partial charge in [-0.25, -0.2) is 9.19 Å². The van der Waals surface area contributed by atoms with Gasteiger partial charge in [-0.2, -0.15) is 4.36 Å². The maximum Gasteiger partial charge on any atom is 0.162 e. The number of aromatic nitrogens is 1. The van der Waals surface area contributed by atoms with Crippen molar-refractivity contribution < 1.29 is 4.21 Å². The van der Waals surface area contributed by atoms with Crippen LogP contribution in [0.15, 0.2) is 22.7 Å². The first kappa shape index (κ1) is 9.48. The van der Waals surface area contributed by atoms with E-state index < -0.39 is 9.73 Å². The van der Waals surface area contributed by atoms with Gasteiger partial charge in [0, 0.05) is 39.5 Å². The molecule has 0 aliphatic rings. The Morgan fingerprint density at radius 3 is 2.75 bits per heavy atom. The molecule has 0 atom stereocenters. The summed E-state index contributed by atoms with van der Waals surface area (Å²) in [4.78, 5) is 3.89. The lowest BCUT2D eigenvalue weighted by Crippen LogP contribution is -1.89. The van der Waals surface area contributed by atoms with Crippen molar-refractivity contribution in [1.82, 2.24) is 4.98 Å². The standard InChI is InChI=1S/C7H9ClN2OS/c1-12(2,11)10-7-5-6(8)3-4-9-7/h3-5H,1-2H3. The first-order valence-corrected chi connectivity index (χ1v) is 5.97. The molecule has 0 fully saturated rings. The molecule has 0 saturated heterocycles. The average Bonchev–Trinajstić information content (AvgIpc) is 1.82. The van der Waals surface area contributed by atoms with Crippen LogP contribution in [-0.2, 0) is 9.73 Å². The van der Waals surface area contributed by atoms with Crippen LogP contribution in [-0.4, -0.2) is 21.7 Å². The topological polar surface area (TPSA) is 42.3 Å². The fourth-order valence-corrected chi connectivity index (χ4v) is 1.37. The third-order valence-electron chi connectivity index (χ3n) is 1.02. The van der Waals surface area contributed by atoms with Gasteiger partial charge in [-0.05, 0) is 6.07 Å². The lowest BCUT2D eigenvalue weighted by molar-refractivity contribution is 0.684. The van der Waals surface area contributed by atoms with Crippen molar-refractivity contribution in [2.45, 2.75) is 0 Å². The molecule has 3 nitrogen and oxygen atoms in total. The van der Waals surface area contributed by atoms with Crippen molar-refractivity contribution in [2.24, 2.45) is 4.36 Å². The van der Waals surface area contributed by atoms with Crippen LogP contribution >= 0.6 is 11.6 Å². The Morgan fingerprint density at radius 1 is 1.58 bits per heavy atom. The Balaban J connectivity index is 3.15. The van der Waals surface area contributed by atoms with Gasteiger partial charge in [-0.15, -0.1) is 0 Å². The zero-order valence-corrected chi connectivity index (χ0v) is 8.39. The second-order valence-electron chi connectivity index (χ2n) is 2.60. The van der Waals surface area contributed by atoms with E-state index in [9.17, 15) is 4.21 Å². The van der Waals surface area contributed by atoms with E-state index in [-0.39, 0.29) is 0 Å². The van der Waals surface area contributed by atoms with E-state index >= 15 is 0 Å². The summed E-state index contributed by atoms with van der Waals surface area (Å²) >= 11 is 5.68. The lowest BCUT2D eigenvalue weighted by atomic mass is 10.5. The minimum atomic E-state index is -2.14. The summed E-state index contributed by atoms with van der Waals surface area (Å²) < 4.78 is 15.1. The molecule has 1 rings (SSSR count). The summed E-state index contributed by atoms with van der Waals surface area (Å²) in [6.45, 7) is 0. The van der Waals surface area contributed by atoms with Gasteiger partial charge in [-0.3, -0.25) is 0 Å². The molecule has 1 aromatic heterocycles. The molecule has 0 saturated carbocycles. The molecule has 0 aliphatic heterocycles. The van der Waals surface area contributed by atoms with E-state index in [1.165, 1.54) is 6.20 Å². The molecule has 1 aromatic rings. The zero-order chi connectivity index (χ0) is 9.19. The second-order valence-corrected chi connectivity index (χ2v) is 5.59. The number of pyridine rings is 1. The summed E-state index contributed by atoms with van der Waals surface area (Å²) in [6, 6.07) is 3.22. The third kappa shape index (κ3) is 3.19. The van der Waals surface area contributed by atoms with E-state index in [4.69, 9.17) is 11.6 Å². The third-order valence-corrected chi connectivity index (χ3v) is 1.88. The first-order valence-electron chi connectivity index (χ1n) is 3.26. The van der Waals surface area contributed by atoms with Crippen molar-refractivity contribution in [1.29, 1.82) is 0 Å². The molecule has 0 bridgehead atoms. The largest absolute Gasteiger partial charge is 0.250 e. The SMILES string of the molecule is CS(C)(=O)=Nc1cc(Cl)ccn1. The van der Waals surface area contributed by atoms with Crippen LogP contribution in [0.2, 0.25) is 5.02 Å². The van der Waals surface area contributed by atoms with Crippen LogP contribution in [0.5, 0.6) is 0 Å². The summed E-state index contributed by atoms with van der Waals surface area (Å²) in [7, 11) is -2.14. The Labute approximate surface area is 77.0 Å². The number of hydrogen-bond acceptors (Lipinski definition) is 3. The van der Waals surface area contributed by atoms with E-state index in [0.29, 0.717) is 10.8 Å². The van der Waals surface area contributed by atoms with Crippen molar-refractivity contribution in [3.63, 3.8) is 0 Å². The summed E-state index contributed by atoms with van der Waals surface area (Å²) in [6.07, 6.45) is 4.64. The van der Waals surface area contributed by atoms with Gasteiger partial charge in [0.25, 0.3) is 0 Å². The smallest absolute Gasteiger partial charge is 0.162 e. The van der Waals surface area contributed by atoms with Crippen molar-refractivity contribution in [3.8, 4) is 0 Å². The quantitative estimate of drug-likeness (QED) is 0.703. The summed E-state index contributed by atoms with van der Waals surface area (Å²) in [5, 5.41) is 0.549. The Hall–Kier alpha value is -0.610. The molecule has 12 heavy (non-hydrogen) atoms. The molecule has 0 aliphatic carbocycles. The predicted molar refractivity (Wildman–Crippen MR) is 51.3 cm³/mol. The lowest BCUT2D eigenvalue weighted by Gasteiger charge is -1.95. The Morgan fingerprint density at radius 2 is 2.25 bits per heavy atom. The molecule has 1 heterocycles. The number of halogens is 1. The molecule has 0 unspecified atom stereocenters. The van der Waals surface area contributed by atoms with Gasteiger partial charge in [0.1, 0.15) is 0 Å². The second kappa shape index (κ2) is 3.41. The molecule has 0 N–H and O–H groups in total. The maximum atomic E-state index is 11.2. The van der Waals surface area contributed by atoms with Gasteiger partial charge in [0.05, 0.1) is 0 Å². The molecular weight excluding hydrogens is 196 g/mol. The van der Waals surface area contributed by atoms with Crippen LogP contribution in [0.3, 0.4) is 0 Å². The fraction of sp³-hybridized carbons (Fsp3) is 0.286. The minimum Gasteiger partial charge on any atom is -0.250 e. The first-order chi connectivity index (χ1) is 5.47. The van der Waals surface area contributed by atoms with Crippen molar-refractivity contribution in [3.05, 3.63) is 23.4 Å². The molecular formula is C7H9ClN2OS. The molecule has 0 aromatic carbocycles. The van der Waals surface area contributed by atoms with Gasteiger partial charge < -0.3 is 0 Å². The fourth-order valence-electron chi connectivity index (χ4n) is 0.669. The zero-order valence-electron chi connectivity index (χ0n) is 6.82. The highest BCUT2D eigenvalue weighted by Crippen LogP contribution is 2.15. The summed E-state index contributed by atoms with van der Waals surface area (Å²) in [5.41, 5.74) is 0. The number of hydrogen-bond donors (Lipinski definition) is 0. The Bertz CT molecular complexity index is 388. The normalized spacial score (nSPS) is 11.2. The van der Waals surface area contributed by atoms with E-state index in [1.54, 1.807) is 24.6 Å². The Kier molecular flexibility index (Phi) is 2.69. The predicted octanol–water partition coefficient (Wildman–Crippen LogP) is 2.09.